The van der Waals surface area contributed by atoms with Crippen molar-refractivity contribution in [3.8, 4) is 11.3 Å². The molecule has 0 N–H and O–H groups in total. The molecule has 0 aliphatic heterocycles. The smallest absolute Gasteiger partial charge is 0.223 e. The number of fused-ring (bicyclic) bond motifs is 1. The normalized spacial score (nSPS) is 11.4. The van der Waals surface area contributed by atoms with Crippen molar-refractivity contribution in [2.24, 2.45) is 0 Å². The van der Waals surface area contributed by atoms with Crippen LogP contribution in [0.2, 0.25) is 5.28 Å². The summed E-state index contributed by atoms with van der Waals surface area (Å²) >= 11 is 5.79. The Morgan fingerprint density at radius 3 is 2.64 bits per heavy atom. The van der Waals surface area contributed by atoms with Gasteiger partial charge in [0, 0.05) is 16.6 Å². The summed E-state index contributed by atoms with van der Waals surface area (Å²) in [5.74, 6) is -0.145. The largest absolute Gasteiger partial charge is 0.253 e. The van der Waals surface area contributed by atoms with E-state index in [0.717, 1.165) is 22.8 Å². The summed E-state index contributed by atoms with van der Waals surface area (Å²) in [6, 6.07) is 7.68. The second-order valence-corrected chi connectivity index (χ2v) is 5.91. The molecule has 0 unspecified atom stereocenters. The first kappa shape index (κ1) is 14.9. The molecule has 0 spiro atoms. The van der Waals surface area contributed by atoms with Gasteiger partial charge < -0.3 is 0 Å². The van der Waals surface area contributed by atoms with Gasteiger partial charge in [0.2, 0.25) is 5.28 Å². The molecular formula is C17H15ClFN3. The second kappa shape index (κ2) is 5.61. The van der Waals surface area contributed by atoms with Gasteiger partial charge >= 0.3 is 0 Å². The quantitative estimate of drug-likeness (QED) is 0.630. The van der Waals surface area contributed by atoms with Crippen LogP contribution in [0.15, 0.2) is 30.5 Å². The van der Waals surface area contributed by atoms with Crippen LogP contribution in [-0.2, 0) is 0 Å². The lowest BCUT2D eigenvalue weighted by molar-refractivity contribution is 0.618. The molecule has 2 heterocycles. The molecule has 3 nitrogen and oxygen atoms in total. The fraction of sp³-hybridized carbons (Fsp3) is 0.235. The molecule has 2 aromatic heterocycles. The maximum Gasteiger partial charge on any atom is 0.223 e. The Morgan fingerprint density at radius 2 is 1.91 bits per heavy atom. The van der Waals surface area contributed by atoms with Gasteiger partial charge in [0.1, 0.15) is 5.69 Å². The van der Waals surface area contributed by atoms with Crippen molar-refractivity contribution in [3.05, 3.63) is 52.8 Å². The standard InChI is InChI=1S/C17H15ClFN3/c1-9(2)12-6-10(3)21-15-5-4-11(7-13(12)15)16-14(19)8-20-17(18)22-16/h4-9H,1-3H3. The van der Waals surface area contributed by atoms with Crippen molar-refractivity contribution < 1.29 is 4.39 Å². The first-order valence-corrected chi connectivity index (χ1v) is 7.43. The minimum Gasteiger partial charge on any atom is -0.253 e. The number of nitrogens with zero attached hydrogens (tertiary/aromatic N) is 3. The molecule has 0 aliphatic rings. The first-order valence-electron chi connectivity index (χ1n) is 7.05. The number of rotatable bonds is 2. The average molecular weight is 316 g/mol. The highest BCUT2D eigenvalue weighted by atomic mass is 35.5. The fourth-order valence-electron chi connectivity index (χ4n) is 2.56. The zero-order valence-electron chi connectivity index (χ0n) is 12.6. The fourth-order valence-corrected chi connectivity index (χ4v) is 2.70. The second-order valence-electron chi connectivity index (χ2n) is 5.58. The molecule has 0 aliphatic carbocycles. The zero-order chi connectivity index (χ0) is 15.9. The van der Waals surface area contributed by atoms with Crippen molar-refractivity contribution in [1.82, 2.24) is 15.0 Å². The van der Waals surface area contributed by atoms with Crippen LogP contribution in [0, 0.1) is 12.7 Å². The summed E-state index contributed by atoms with van der Waals surface area (Å²) in [6.07, 6.45) is 1.09. The van der Waals surface area contributed by atoms with Gasteiger partial charge in [0.25, 0.3) is 0 Å². The van der Waals surface area contributed by atoms with Crippen LogP contribution in [0.25, 0.3) is 22.2 Å². The summed E-state index contributed by atoms with van der Waals surface area (Å²) in [4.78, 5) is 12.2. The van der Waals surface area contributed by atoms with Crippen molar-refractivity contribution >= 4 is 22.5 Å². The minimum atomic E-state index is -0.491. The molecule has 0 amide bonds. The molecule has 0 saturated heterocycles. The number of aryl methyl sites for hydroxylation is 1. The Hall–Kier alpha value is -2.07. The van der Waals surface area contributed by atoms with Crippen LogP contribution in [-0.4, -0.2) is 15.0 Å². The molecule has 0 fully saturated rings. The molecule has 1 aromatic carbocycles. The summed E-state index contributed by atoms with van der Waals surface area (Å²) < 4.78 is 14.0. The van der Waals surface area contributed by atoms with E-state index in [2.05, 4.69) is 34.9 Å². The van der Waals surface area contributed by atoms with Gasteiger partial charge in [-0.2, -0.15) is 0 Å². The Bertz CT molecular complexity index is 862. The van der Waals surface area contributed by atoms with Crippen LogP contribution < -0.4 is 0 Å². The lowest BCUT2D eigenvalue weighted by atomic mass is 9.96. The highest BCUT2D eigenvalue weighted by Gasteiger charge is 2.13. The molecule has 22 heavy (non-hydrogen) atoms. The molecule has 0 bridgehead atoms. The molecule has 0 radical (unpaired) electrons. The third kappa shape index (κ3) is 2.66. The highest BCUT2D eigenvalue weighted by Crippen LogP contribution is 2.30. The maximum atomic E-state index is 14.0. The van der Waals surface area contributed by atoms with Gasteiger partial charge in [-0.1, -0.05) is 19.9 Å². The monoisotopic (exact) mass is 315 g/mol. The number of halogens is 2. The van der Waals surface area contributed by atoms with Gasteiger partial charge in [-0.15, -0.1) is 0 Å². The maximum absolute atomic E-state index is 14.0. The van der Waals surface area contributed by atoms with Crippen LogP contribution in [0.5, 0.6) is 0 Å². The molecule has 3 aromatic rings. The Morgan fingerprint density at radius 1 is 1.14 bits per heavy atom. The molecule has 5 heteroatoms. The SMILES string of the molecule is Cc1cc(C(C)C)c2cc(-c3nc(Cl)ncc3F)ccc2n1. The summed E-state index contributed by atoms with van der Waals surface area (Å²) in [7, 11) is 0. The van der Waals surface area contributed by atoms with Crippen LogP contribution >= 0.6 is 11.6 Å². The van der Waals surface area contributed by atoms with Crippen molar-refractivity contribution in [2.75, 3.05) is 0 Å². The topological polar surface area (TPSA) is 38.7 Å². The number of benzene rings is 1. The Labute approximate surface area is 133 Å². The third-order valence-electron chi connectivity index (χ3n) is 3.58. The molecular weight excluding hydrogens is 301 g/mol. The lowest BCUT2D eigenvalue weighted by Crippen LogP contribution is -1.96. The molecule has 112 valence electrons. The summed E-state index contributed by atoms with van der Waals surface area (Å²) in [6.45, 7) is 6.23. The van der Waals surface area contributed by atoms with Gasteiger partial charge in [-0.3, -0.25) is 4.98 Å². The van der Waals surface area contributed by atoms with Crippen molar-refractivity contribution in [1.29, 1.82) is 0 Å². The molecule has 0 atom stereocenters. The van der Waals surface area contributed by atoms with Crippen molar-refractivity contribution in [3.63, 3.8) is 0 Å². The van der Waals surface area contributed by atoms with E-state index in [1.165, 1.54) is 5.56 Å². The number of pyridine rings is 1. The van der Waals surface area contributed by atoms with E-state index in [1.807, 2.05) is 19.1 Å². The van der Waals surface area contributed by atoms with E-state index in [0.29, 0.717) is 11.5 Å². The average Bonchev–Trinajstić information content (AvgIpc) is 2.48. The van der Waals surface area contributed by atoms with Crippen LogP contribution in [0.1, 0.15) is 31.0 Å². The van der Waals surface area contributed by atoms with Crippen molar-refractivity contribution in [2.45, 2.75) is 26.7 Å². The van der Waals surface area contributed by atoms with Crippen LogP contribution in [0.3, 0.4) is 0 Å². The van der Waals surface area contributed by atoms with Gasteiger partial charge in [0.15, 0.2) is 5.82 Å². The number of hydrogen-bond donors (Lipinski definition) is 0. The third-order valence-corrected chi connectivity index (χ3v) is 3.76. The van der Waals surface area contributed by atoms with E-state index >= 15 is 0 Å². The van der Waals surface area contributed by atoms with Gasteiger partial charge in [0.05, 0.1) is 11.7 Å². The van der Waals surface area contributed by atoms with E-state index in [-0.39, 0.29) is 11.0 Å². The van der Waals surface area contributed by atoms with E-state index in [9.17, 15) is 4.39 Å². The predicted molar refractivity (Wildman–Crippen MR) is 86.6 cm³/mol. The lowest BCUT2D eigenvalue weighted by Gasteiger charge is -2.12. The van der Waals surface area contributed by atoms with Crippen LogP contribution in [0.4, 0.5) is 4.39 Å². The number of aromatic nitrogens is 3. The van der Waals surface area contributed by atoms with Gasteiger partial charge in [-0.05, 0) is 48.2 Å². The highest BCUT2D eigenvalue weighted by molar-refractivity contribution is 6.28. The molecule has 0 saturated carbocycles. The van der Waals surface area contributed by atoms with E-state index < -0.39 is 5.82 Å². The molecule has 3 rings (SSSR count). The zero-order valence-corrected chi connectivity index (χ0v) is 13.3. The Balaban J connectivity index is 2.27. The summed E-state index contributed by atoms with van der Waals surface area (Å²) in [5, 5.41) is 1.04. The number of hydrogen-bond acceptors (Lipinski definition) is 3. The van der Waals surface area contributed by atoms with E-state index in [4.69, 9.17) is 11.6 Å². The Kier molecular flexibility index (Phi) is 3.79. The van der Waals surface area contributed by atoms with Gasteiger partial charge in [-0.25, -0.2) is 14.4 Å². The first-order chi connectivity index (χ1) is 10.5. The van der Waals surface area contributed by atoms with E-state index in [1.54, 1.807) is 6.07 Å². The minimum absolute atomic E-state index is 0.0302. The predicted octanol–water partition coefficient (Wildman–Crippen LogP) is 4.92. The summed E-state index contributed by atoms with van der Waals surface area (Å²) in [5.41, 5.74) is 3.93.